The summed E-state index contributed by atoms with van der Waals surface area (Å²) in [5.74, 6) is 1.76. The number of hydrogen-bond donors (Lipinski definition) is 1. The van der Waals surface area contributed by atoms with Gasteiger partial charge in [0.2, 0.25) is 0 Å². The first-order chi connectivity index (χ1) is 9.43. The van der Waals surface area contributed by atoms with Gasteiger partial charge in [0, 0.05) is 24.6 Å². The summed E-state index contributed by atoms with van der Waals surface area (Å²) < 4.78 is 5.43. The van der Waals surface area contributed by atoms with Crippen molar-refractivity contribution in [1.82, 2.24) is 10.5 Å². The summed E-state index contributed by atoms with van der Waals surface area (Å²) in [7, 11) is 0. The van der Waals surface area contributed by atoms with Crippen LogP contribution in [0, 0.1) is 11.3 Å². The van der Waals surface area contributed by atoms with Crippen LogP contribution in [-0.4, -0.2) is 17.2 Å². The third-order valence-corrected chi connectivity index (χ3v) is 4.85. The molecule has 3 heteroatoms. The molecule has 0 radical (unpaired) electrons. The van der Waals surface area contributed by atoms with Crippen LogP contribution in [-0.2, 0) is 12.8 Å². The van der Waals surface area contributed by atoms with E-state index in [0.29, 0.717) is 23.4 Å². The van der Waals surface area contributed by atoms with E-state index in [1.165, 1.54) is 19.3 Å². The average Bonchev–Trinajstić information content (AvgIpc) is 2.82. The summed E-state index contributed by atoms with van der Waals surface area (Å²) in [6, 6.07) is 3.36. The van der Waals surface area contributed by atoms with Crippen molar-refractivity contribution in [3.8, 4) is 0 Å². The molecule has 1 aliphatic rings. The highest BCUT2D eigenvalue weighted by Gasteiger charge is 2.47. The Morgan fingerprint density at radius 1 is 1.45 bits per heavy atom. The molecule has 1 aromatic heterocycles. The van der Waals surface area contributed by atoms with E-state index in [9.17, 15) is 0 Å². The van der Waals surface area contributed by atoms with Crippen molar-refractivity contribution >= 4 is 0 Å². The highest BCUT2D eigenvalue weighted by atomic mass is 16.5. The van der Waals surface area contributed by atoms with E-state index in [4.69, 9.17) is 4.52 Å². The minimum absolute atomic E-state index is 0.354. The topological polar surface area (TPSA) is 38.1 Å². The maximum Gasteiger partial charge on any atom is 0.137 e. The molecule has 0 amide bonds. The van der Waals surface area contributed by atoms with Crippen molar-refractivity contribution in [2.24, 2.45) is 11.3 Å². The van der Waals surface area contributed by atoms with Crippen LogP contribution in [0.1, 0.15) is 65.3 Å². The number of unbranched alkanes of at least 4 members (excludes halogenated alkanes) is 1. The number of aryl methyl sites for hydroxylation is 1. The lowest BCUT2D eigenvalue weighted by atomic mass is 9.57. The second-order valence-corrected chi connectivity index (χ2v) is 7.22. The molecular formula is C17H30N2O. The zero-order chi connectivity index (χ0) is 14.8. The van der Waals surface area contributed by atoms with E-state index in [0.717, 1.165) is 24.3 Å². The van der Waals surface area contributed by atoms with Gasteiger partial charge in [0.15, 0.2) is 0 Å². The number of rotatable bonds is 7. The summed E-state index contributed by atoms with van der Waals surface area (Å²) in [6.07, 6.45) is 5.72. The number of nitrogens with one attached hydrogen (secondary N) is 1. The molecule has 3 nitrogen and oxygen atoms in total. The Morgan fingerprint density at radius 3 is 2.80 bits per heavy atom. The third kappa shape index (κ3) is 3.43. The molecule has 0 aromatic carbocycles. The summed E-state index contributed by atoms with van der Waals surface area (Å²) in [5, 5.41) is 7.92. The fraction of sp³-hybridized carbons (Fsp3) is 0.824. The molecule has 1 aliphatic carbocycles. The van der Waals surface area contributed by atoms with Crippen LogP contribution in [0.4, 0.5) is 0 Å². The van der Waals surface area contributed by atoms with Crippen LogP contribution < -0.4 is 5.32 Å². The van der Waals surface area contributed by atoms with Crippen molar-refractivity contribution < 1.29 is 4.52 Å². The minimum atomic E-state index is 0.354. The van der Waals surface area contributed by atoms with E-state index in [-0.39, 0.29) is 0 Å². The Hall–Kier alpha value is -0.830. The van der Waals surface area contributed by atoms with Gasteiger partial charge in [-0.2, -0.15) is 0 Å². The summed E-state index contributed by atoms with van der Waals surface area (Å²) in [6.45, 7) is 11.4. The predicted molar refractivity (Wildman–Crippen MR) is 82.8 cm³/mol. The second-order valence-electron chi connectivity index (χ2n) is 7.22. The number of nitrogens with zero attached hydrogens (tertiary/aromatic N) is 1. The standard InChI is InChI=1S/C17H30N2O/c1-6-7-8-15-11-14(19-20-15)9-13-10-16(17(13,4)5)18-12(2)3/h11-13,16,18H,6-10H2,1-5H3. The molecule has 2 rings (SSSR count). The van der Waals surface area contributed by atoms with Gasteiger partial charge < -0.3 is 9.84 Å². The molecular weight excluding hydrogens is 248 g/mol. The number of aromatic nitrogens is 1. The Balaban J connectivity index is 1.87. The number of hydrogen-bond acceptors (Lipinski definition) is 3. The van der Waals surface area contributed by atoms with Crippen molar-refractivity contribution in [3.63, 3.8) is 0 Å². The molecule has 2 unspecified atom stereocenters. The molecule has 2 atom stereocenters. The van der Waals surface area contributed by atoms with Crippen molar-refractivity contribution in [2.75, 3.05) is 0 Å². The minimum Gasteiger partial charge on any atom is -0.361 e. The first-order valence-electron chi connectivity index (χ1n) is 8.14. The zero-order valence-electron chi connectivity index (χ0n) is 13.7. The molecule has 1 saturated carbocycles. The first-order valence-corrected chi connectivity index (χ1v) is 8.14. The summed E-state index contributed by atoms with van der Waals surface area (Å²) in [5.41, 5.74) is 1.49. The zero-order valence-corrected chi connectivity index (χ0v) is 13.7. The van der Waals surface area contributed by atoms with E-state index >= 15 is 0 Å². The van der Waals surface area contributed by atoms with E-state index < -0.39 is 0 Å². The lowest BCUT2D eigenvalue weighted by molar-refractivity contribution is 0.00900. The van der Waals surface area contributed by atoms with Gasteiger partial charge in [-0.15, -0.1) is 0 Å². The first kappa shape index (κ1) is 15.6. The second kappa shape index (κ2) is 6.30. The maximum absolute atomic E-state index is 5.43. The smallest absolute Gasteiger partial charge is 0.137 e. The van der Waals surface area contributed by atoms with Gasteiger partial charge in [0.25, 0.3) is 0 Å². The normalized spacial score (nSPS) is 24.9. The molecule has 0 saturated heterocycles. The Morgan fingerprint density at radius 2 is 2.20 bits per heavy atom. The lowest BCUT2D eigenvalue weighted by Gasteiger charge is -2.53. The van der Waals surface area contributed by atoms with Gasteiger partial charge in [-0.3, -0.25) is 0 Å². The van der Waals surface area contributed by atoms with Crippen LogP contribution in [0.3, 0.4) is 0 Å². The largest absolute Gasteiger partial charge is 0.361 e. The quantitative estimate of drug-likeness (QED) is 0.820. The van der Waals surface area contributed by atoms with Crippen LogP contribution >= 0.6 is 0 Å². The summed E-state index contributed by atoms with van der Waals surface area (Å²) in [4.78, 5) is 0. The van der Waals surface area contributed by atoms with Crippen LogP contribution in [0.5, 0.6) is 0 Å². The third-order valence-electron chi connectivity index (χ3n) is 4.85. The monoisotopic (exact) mass is 278 g/mol. The van der Waals surface area contributed by atoms with Crippen LogP contribution in [0.2, 0.25) is 0 Å². The SMILES string of the molecule is CCCCc1cc(CC2CC(NC(C)C)C2(C)C)no1. The lowest BCUT2D eigenvalue weighted by Crippen LogP contribution is -2.58. The Bertz CT molecular complexity index is 422. The average molecular weight is 278 g/mol. The molecule has 0 aliphatic heterocycles. The summed E-state index contributed by atoms with van der Waals surface area (Å²) >= 11 is 0. The molecule has 1 fully saturated rings. The van der Waals surface area contributed by atoms with Gasteiger partial charge in [-0.1, -0.05) is 46.2 Å². The van der Waals surface area contributed by atoms with Crippen molar-refractivity contribution in [2.45, 2.75) is 78.8 Å². The van der Waals surface area contributed by atoms with Gasteiger partial charge >= 0.3 is 0 Å². The van der Waals surface area contributed by atoms with Gasteiger partial charge in [-0.05, 0) is 30.6 Å². The highest BCUT2D eigenvalue weighted by Crippen LogP contribution is 2.47. The van der Waals surface area contributed by atoms with Crippen LogP contribution in [0.15, 0.2) is 10.6 Å². The molecule has 0 spiro atoms. The Kier molecular flexibility index (Phi) is 4.90. The van der Waals surface area contributed by atoms with Gasteiger partial charge in [0.05, 0.1) is 5.69 Å². The highest BCUT2D eigenvalue weighted by molar-refractivity contribution is 5.11. The predicted octanol–water partition coefficient (Wildman–Crippen LogP) is 3.97. The van der Waals surface area contributed by atoms with Gasteiger partial charge in [-0.25, -0.2) is 0 Å². The molecule has 114 valence electrons. The van der Waals surface area contributed by atoms with Crippen molar-refractivity contribution in [1.29, 1.82) is 0 Å². The fourth-order valence-corrected chi connectivity index (χ4v) is 3.22. The van der Waals surface area contributed by atoms with Gasteiger partial charge in [0.1, 0.15) is 5.76 Å². The molecule has 1 heterocycles. The van der Waals surface area contributed by atoms with Crippen molar-refractivity contribution in [3.05, 3.63) is 17.5 Å². The van der Waals surface area contributed by atoms with E-state index in [1.54, 1.807) is 0 Å². The fourth-order valence-electron chi connectivity index (χ4n) is 3.22. The maximum atomic E-state index is 5.43. The molecule has 1 N–H and O–H groups in total. The van der Waals surface area contributed by atoms with E-state index in [1.807, 2.05) is 0 Å². The van der Waals surface area contributed by atoms with E-state index in [2.05, 4.69) is 51.2 Å². The molecule has 0 bridgehead atoms. The Labute approximate surface area is 123 Å². The molecule has 1 aromatic rings. The molecule has 20 heavy (non-hydrogen) atoms. The van der Waals surface area contributed by atoms with Crippen LogP contribution in [0.25, 0.3) is 0 Å².